The van der Waals surface area contributed by atoms with Gasteiger partial charge in [-0.1, -0.05) is 35.9 Å². The Hall–Kier alpha value is -4.13. The van der Waals surface area contributed by atoms with Crippen LogP contribution < -0.4 is 10.7 Å². The second-order valence-corrected chi connectivity index (χ2v) is 7.93. The van der Waals surface area contributed by atoms with Crippen molar-refractivity contribution in [3.05, 3.63) is 88.8 Å². The molecule has 3 aromatic rings. The van der Waals surface area contributed by atoms with E-state index in [-0.39, 0.29) is 0 Å². The number of nitrogens with zero attached hydrogens (tertiary/aromatic N) is 5. The molecule has 2 atom stereocenters. The van der Waals surface area contributed by atoms with Crippen LogP contribution in [0.1, 0.15) is 22.5 Å². The standard InChI is InChI=1S/C26H24N6/c1-17-9-11-22(12-10-17)31-18(2)13-20(19(31)3)14-21(15-27)25-24(16-28)26(29)32(30-25)23-7-5-4-6-8-23/h4-14,24,26H,29H2,1-3H3/b21-14-/t24-,26-/m1/s1. The first-order chi connectivity index (χ1) is 15.4. The first kappa shape index (κ1) is 21.1. The molecule has 0 spiro atoms. The van der Waals surface area contributed by atoms with Gasteiger partial charge in [0.2, 0.25) is 0 Å². The van der Waals surface area contributed by atoms with Crippen molar-refractivity contribution in [2.24, 2.45) is 16.8 Å². The second-order valence-electron chi connectivity index (χ2n) is 7.93. The van der Waals surface area contributed by atoms with E-state index in [0.717, 1.165) is 28.3 Å². The molecule has 0 saturated carbocycles. The van der Waals surface area contributed by atoms with E-state index < -0.39 is 12.1 Å². The lowest BCUT2D eigenvalue weighted by Crippen LogP contribution is -2.40. The van der Waals surface area contributed by atoms with Crippen molar-refractivity contribution in [1.29, 1.82) is 10.5 Å². The van der Waals surface area contributed by atoms with Crippen molar-refractivity contribution < 1.29 is 0 Å². The molecule has 0 fully saturated rings. The molecule has 158 valence electrons. The van der Waals surface area contributed by atoms with Crippen LogP contribution in [0.2, 0.25) is 0 Å². The zero-order valence-corrected chi connectivity index (χ0v) is 18.3. The van der Waals surface area contributed by atoms with E-state index in [4.69, 9.17) is 5.73 Å². The number of benzene rings is 2. The second kappa shape index (κ2) is 8.55. The number of para-hydroxylation sites is 1. The molecule has 1 aromatic heterocycles. The Bertz CT molecular complexity index is 1280. The van der Waals surface area contributed by atoms with Crippen LogP contribution in [-0.2, 0) is 0 Å². The summed E-state index contributed by atoms with van der Waals surface area (Å²) in [5, 5.41) is 25.9. The van der Waals surface area contributed by atoms with Crippen LogP contribution in [0.4, 0.5) is 5.69 Å². The Morgan fingerprint density at radius 1 is 1.00 bits per heavy atom. The number of hydrogen-bond donors (Lipinski definition) is 1. The number of rotatable bonds is 4. The molecule has 6 heteroatoms. The summed E-state index contributed by atoms with van der Waals surface area (Å²) in [6.07, 6.45) is 1.14. The summed E-state index contributed by atoms with van der Waals surface area (Å²) in [6, 6.07) is 24.3. The number of nitrogens with two attached hydrogens (primary N) is 1. The third-order valence-corrected chi connectivity index (χ3v) is 5.75. The Morgan fingerprint density at radius 2 is 1.69 bits per heavy atom. The predicted octanol–water partition coefficient (Wildman–Crippen LogP) is 4.61. The maximum absolute atomic E-state index is 9.94. The summed E-state index contributed by atoms with van der Waals surface area (Å²) in [6.45, 7) is 6.12. The SMILES string of the molecule is Cc1ccc(-n2c(C)cc(/C=C(/C#N)C3=NN(c4ccccc4)[C@@H](N)[C@@H]3C#N)c2C)cc1. The van der Waals surface area contributed by atoms with Gasteiger partial charge in [0, 0.05) is 17.1 Å². The number of nitriles is 2. The van der Waals surface area contributed by atoms with Gasteiger partial charge in [-0.05, 0) is 62.7 Å². The Labute approximate surface area is 188 Å². The van der Waals surface area contributed by atoms with Crippen LogP contribution in [0.25, 0.3) is 11.8 Å². The van der Waals surface area contributed by atoms with Gasteiger partial charge in [-0.3, -0.25) is 0 Å². The van der Waals surface area contributed by atoms with E-state index in [9.17, 15) is 10.5 Å². The molecular formula is C26H24N6. The summed E-state index contributed by atoms with van der Waals surface area (Å²) in [5.74, 6) is -0.707. The highest BCUT2D eigenvalue weighted by atomic mass is 15.5. The van der Waals surface area contributed by atoms with Crippen molar-refractivity contribution in [1.82, 2.24) is 4.57 Å². The molecular weight excluding hydrogens is 396 g/mol. The first-order valence-electron chi connectivity index (χ1n) is 10.4. The van der Waals surface area contributed by atoms with Gasteiger partial charge in [-0.2, -0.15) is 15.6 Å². The topological polar surface area (TPSA) is 94.1 Å². The summed E-state index contributed by atoms with van der Waals surface area (Å²) in [7, 11) is 0. The van der Waals surface area contributed by atoms with E-state index >= 15 is 0 Å². The van der Waals surface area contributed by atoms with Crippen molar-refractivity contribution in [2.45, 2.75) is 26.9 Å². The molecule has 2 N–H and O–H groups in total. The third kappa shape index (κ3) is 3.69. The predicted molar refractivity (Wildman–Crippen MR) is 127 cm³/mol. The smallest absolute Gasteiger partial charge is 0.127 e. The highest BCUT2D eigenvalue weighted by Crippen LogP contribution is 2.30. The van der Waals surface area contributed by atoms with E-state index in [1.54, 1.807) is 11.1 Å². The van der Waals surface area contributed by atoms with Crippen molar-refractivity contribution in [2.75, 3.05) is 5.01 Å². The molecule has 1 aliphatic heterocycles. The number of allylic oxidation sites excluding steroid dienone is 1. The minimum atomic E-state index is -0.707. The summed E-state index contributed by atoms with van der Waals surface area (Å²) < 4.78 is 2.15. The molecule has 0 bridgehead atoms. The summed E-state index contributed by atoms with van der Waals surface area (Å²) >= 11 is 0. The Morgan fingerprint density at radius 3 is 2.31 bits per heavy atom. The van der Waals surface area contributed by atoms with Crippen molar-refractivity contribution in [3.63, 3.8) is 0 Å². The van der Waals surface area contributed by atoms with E-state index in [1.165, 1.54) is 5.56 Å². The Kier molecular flexibility index (Phi) is 5.64. The third-order valence-electron chi connectivity index (χ3n) is 5.75. The lowest BCUT2D eigenvalue weighted by Gasteiger charge is -2.21. The summed E-state index contributed by atoms with van der Waals surface area (Å²) in [4.78, 5) is 0. The van der Waals surface area contributed by atoms with Crippen LogP contribution in [0, 0.1) is 49.4 Å². The van der Waals surface area contributed by atoms with Crippen LogP contribution in [0.15, 0.2) is 71.3 Å². The minimum Gasteiger partial charge on any atom is -0.318 e. The molecule has 1 aliphatic rings. The molecule has 2 aromatic carbocycles. The van der Waals surface area contributed by atoms with Gasteiger partial charge in [-0.15, -0.1) is 0 Å². The fourth-order valence-electron chi connectivity index (χ4n) is 4.06. The van der Waals surface area contributed by atoms with Gasteiger partial charge >= 0.3 is 0 Å². The van der Waals surface area contributed by atoms with Gasteiger partial charge < -0.3 is 10.3 Å². The molecule has 2 heterocycles. The molecule has 32 heavy (non-hydrogen) atoms. The maximum atomic E-state index is 9.94. The lowest BCUT2D eigenvalue weighted by atomic mass is 9.95. The Balaban J connectivity index is 1.76. The van der Waals surface area contributed by atoms with E-state index in [1.807, 2.05) is 50.2 Å². The van der Waals surface area contributed by atoms with Crippen LogP contribution in [0.3, 0.4) is 0 Å². The minimum absolute atomic E-state index is 0.342. The highest BCUT2D eigenvalue weighted by molar-refractivity contribution is 6.11. The zero-order chi connectivity index (χ0) is 22.8. The molecule has 0 saturated heterocycles. The van der Waals surface area contributed by atoms with Crippen LogP contribution >= 0.6 is 0 Å². The molecule has 0 amide bonds. The molecule has 0 aliphatic carbocycles. The highest BCUT2D eigenvalue weighted by Gasteiger charge is 2.37. The summed E-state index contributed by atoms with van der Waals surface area (Å²) in [5.41, 5.74) is 13.1. The quantitative estimate of drug-likeness (QED) is 0.624. The largest absolute Gasteiger partial charge is 0.318 e. The van der Waals surface area contributed by atoms with Crippen molar-refractivity contribution >= 4 is 17.5 Å². The normalized spacial score (nSPS) is 18.2. The number of hydrazone groups is 1. The molecule has 0 unspecified atom stereocenters. The van der Waals surface area contributed by atoms with Crippen LogP contribution in [0.5, 0.6) is 0 Å². The van der Waals surface area contributed by atoms with Gasteiger partial charge in [0.25, 0.3) is 0 Å². The van der Waals surface area contributed by atoms with E-state index in [0.29, 0.717) is 11.3 Å². The van der Waals surface area contributed by atoms with E-state index in [2.05, 4.69) is 53.0 Å². The number of aromatic nitrogens is 1. The fourth-order valence-corrected chi connectivity index (χ4v) is 4.06. The number of aryl methyl sites for hydroxylation is 2. The zero-order valence-electron chi connectivity index (χ0n) is 18.3. The molecule has 4 rings (SSSR count). The van der Waals surface area contributed by atoms with Gasteiger partial charge in [0.05, 0.1) is 23.0 Å². The van der Waals surface area contributed by atoms with Gasteiger partial charge in [0.1, 0.15) is 18.2 Å². The maximum Gasteiger partial charge on any atom is 0.127 e. The van der Waals surface area contributed by atoms with Crippen molar-refractivity contribution in [3.8, 4) is 17.8 Å². The average molecular weight is 421 g/mol. The fraction of sp³-hybridized carbons (Fsp3) is 0.192. The molecule has 0 radical (unpaired) electrons. The lowest BCUT2D eigenvalue weighted by molar-refractivity contribution is 0.624. The number of anilines is 1. The molecule has 6 nitrogen and oxygen atoms in total. The van der Waals surface area contributed by atoms with Crippen LogP contribution in [-0.4, -0.2) is 16.4 Å². The monoisotopic (exact) mass is 420 g/mol. The number of hydrogen-bond acceptors (Lipinski definition) is 5. The average Bonchev–Trinajstić information content (AvgIpc) is 3.28. The first-order valence-corrected chi connectivity index (χ1v) is 10.4. The van der Waals surface area contributed by atoms with Gasteiger partial charge in [-0.25, -0.2) is 5.01 Å². The van der Waals surface area contributed by atoms with Gasteiger partial charge in [0.15, 0.2) is 0 Å².